The largest absolute Gasteiger partial charge is 0.469 e. The van der Waals surface area contributed by atoms with Crippen molar-refractivity contribution in [1.82, 2.24) is 14.5 Å². The highest BCUT2D eigenvalue weighted by atomic mass is 79.9. The van der Waals surface area contributed by atoms with Gasteiger partial charge in [-0.25, -0.2) is 9.97 Å². The first kappa shape index (κ1) is 13.6. The molecule has 3 heterocycles. The molecule has 3 rings (SSSR count). The maximum atomic E-state index is 5.87. The van der Waals surface area contributed by atoms with Crippen LogP contribution in [0.5, 0.6) is 0 Å². The third-order valence-electron chi connectivity index (χ3n) is 3.11. The molecule has 0 amide bonds. The van der Waals surface area contributed by atoms with Crippen LogP contribution in [0, 0.1) is 0 Å². The van der Waals surface area contributed by atoms with Gasteiger partial charge in [-0.15, -0.1) is 11.6 Å². The van der Waals surface area contributed by atoms with Gasteiger partial charge in [0.1, 0.15) is 17.1 Å². The minimum atomic E-state index is 0.547. The van der Waals surface area contributed by atoms with Gasteiger partial charge in [-0.1, -0.05) is 0 Å². The van der Waals surface area contributed by atoms with Gasteiger partial charge in [0.25, 0.3) is 0 Å². The number of fused-ring (bicyclic) bond motifs is 1. The standard InChI is InChI=1S/C14H13BrClN3O/c15-10-8-12-14(17-9-10)19(13(18-12)3-5-16)6-4-11-2-1-7-20-11/h1-2,7-9H,3-6H2. The van der Waals surface area contributed by atoms with Gasteiger partial charge in [0.15, 0.2) is 5.65 Å². The number of pyridine rings is 1. The summed E-state index contributed by atoms with van der Waals surface area (Å²) < 4.78 is 8.42. The van der Waals surface area contributed by atoms with E-state index in [1.54, 1.807) is 12.5 Å². The fourth-order valence-electron chi connectivity index (χ4n) is 2.22. The van der Waals surface area contributed by atoms with Gasteiger partial charge in [-0.2, -0.15) is 0 Å². The summed E-state index contributed by atoms with van der Waals surface area (Å²) in [5.41, 5.74) is 1.78. The second-order valence-corrected chi connectivity index (χ2v) is 5.74. The van der Waals surface area contributed by atoms with Crippen LogP contribution in [0.3, 0.4) is 0 Å². The van der Waals surface area contributed by atoms with Crippen LogP contribution in [0.4, 0.5) is 0 Å². The van der Waals surface area contributed by atoms with Crippen LogP contribution in [0.1, 0.15) is 11.6 Å². The summed E-state index contributed by atoms with van der Waals surface area (Å²) in [6.07, 6.45) is 5.02. The lowest BCUT2D eigenvalue weighted by Crippen LogP contribution is -2.07. The van der Waals surface area contributed by atoms with E-state index in [0.29, 0.717) is 5.88 Å². The quantitative estimate of drug-likeness (QED) is 0.654. The number of imidazole rings is 1. The van der Waals surface area contributed by atoms with E-state index in [1.165, 1.54) is 0 Å². The summed E-state index contributed by atoms with van der Waals surface area (Å²) in [7, 11) is 0. The highest BCUT2D eigenvalue weighted by Gasteiger charge is 2.12. The van der Waals surface area contributed by atoms with E-state index < -0.39 is 0 Å². The summed E-state index contributed by atoms with van der Waals surface area (Å²) in [5, 5.41) is 0. The fourth-order valence-corrected chi connectivity index (χ4v) is 2.71. The predicted octanol–water partition coefficient (Wildman–Crippen LogP) is 3.81. The van der Waals surface area contributed by atoms with Crippen LogP contribution in [-0.4, -0.2) is 20.4 Å². The van der Waals surface area contributed by atoms with Crippen LogP contribution in [0.15, 0.2) is 39.5 Å². The van der Waals surface area contributed by atoms with Crippen LogP contribution in [0.25, 0.3) is 11.2 Å². The Bertz CT molecular complexity index is 709. The lowest BCUT2D eigenvalue weighted by molar-refractivity contribution is 0.490. The number of furan rings is 1. The van der Waals surface area contributed by atoms with Crippen molar-refractivity contribution < 1.29 is 4.42 Å². The maximum absolute atomic E-state index is 5.87. The molecule has 0 aliphatic carbocycles. The summed E-state index contributed by atoms with van der Waals surface area (Å²) in [4.78, 5) is 9.08. The van der Waals surface area contributed by atoms with Gasteiger partial charge in [0.05, 0.1) is 6.26 Å². The monoisotopic (exact) mass is 353 g/mol. The number of hydrogen-bond donors (Lipinski definition) is 0. The van der Waals surface area contributed by atoms with Crippen molar-refractivity contribution in [3.63, 3.8) is 0 Å². The van der Waals surface area contributed by atoms with E-state index in [9.17, 15) is 0 Å². The first-order valence-corrected chi connectivity index (χ1v) is 7.69. The molecule has 0 saturated carbocycles. The van der Waals surface area contributed by atoms with Gasteiger partial charge in [-0.05, 0) is 34.1 Å². The van der Waals surface area contributed by atoms with Crippen molar-refractivity contribution in [3.05, 3.63) is 46.7 Å². The zero-order valence-electron chi connectivity index (χ0n) is 10.7. The van der Waals surface area contributed by atoms with Crippen molar-refractivity contribution in [3.8, 4) is 0 Å². The average molecular weight is 355 g/mol. The van der Waals surface area contributed by atoms with Crippen molar-refractivity contribution >= 4 is 38.7 Å². The van der Waals surface area contributed by atoms with Crippen LogP contribution in [-0.2, 0) is 19.4 Å². The molecular weight excluding hydrogens is 342 g/mol. The van der Waals surface area contributed by atoms with Crippen LogP contribution >= 0.6 is 27.5 Å². The molecule has 0 spiro atoms. The smallest absolute Gasteiger partial charge is 0.160 e. The van der Waals surface area contributed by atoms with Gasteiger partial charge in [0, 0.05) is 35.9 Å². The predicted molar refractivity (Wildman–Crippen MR) is 82.1 cm³/mol. The summed E-state index contributed by atoms with van der Waals surface area (Å²) >= 11 is 9.29. The highest BCUT2D eigenvalue weighted by Crippen LogP contribution is 2.19. The van der Waals surface area contributed by atoms with E-state index in [4.69, 9.17) is 16.0 Å². The maximum Gasteiger partial charge on any atom is 0.160 e. The van der Waals surface area contributed by atoms with Crippen molar-refractivity contribution in [1.29, 1.82) is 0 Å². The molecule has 0 N–H and O–H groups in total. The number of nitrogens with zero attached hydrogens (tertiary/aromatic N) is 3. The van der Waals surface area contributed by atoms with Crippen molar-refractivity contribution in [2.24, 2.45) is 0 Å². The van der Waals surface area contributed by atoms with Gasteiger partial charge >= 0.3 is 0 Å². The number of hydrogen-bond acceptors (Lipinski definition) is 3. The molecule has 0 aliphatic heterocycles. The molecule has 0 aliphatic rings. The lowest BCUT2D eigenvalue weighted by Gasteiger charge is -2.06. The van der Waals surface area contributed by atoms with Gasteiger partial charge in [-0.3, -0.25) is 0 Å². The van der Waals surface area contributed by atoms with Crippen LogP contribution < -0.4 is 0 Å². The van der Waals surface area contributed by atoms with Crippen molar-refractivity contribution in [2.45, 2.75) is 19.4 Å². The molecule has 3 aromatic rings. The summed E-state index contributed by atoms with van der Waals surface area (Å²) in [6.45, 7) is 0.783. The van der Waals surface area contributed by atoms with Gasteiger partial charge < -0.3 is 8.98 Å². The zero-order valence-corrected chi connectivity index (χ0v) is 13.1. The third kappa shape index (κ3) is 2.74. The normalized spacial score (nSPS) is 11.3. The fraction of sp³-hybridized carbons (Fsp3) is 0.286. The lowest BCUT2D eigenvalue weighted by atomic mass is 10.3. The Morgan fingerprint density at radius 1 is 1.35 bits per heavy atom. The Morgan fingerprint density at radius 2 is 2.25 bits per heavy atom. The molecule has 0 unspecified atom stereocenters. The van der Waals surface area contributed by atoms with E-state index in [-0.39, 0.29) is 0 Å². The SMILES string of the molecule is ClCCc1nc2cc(Br)cnc2n1CCc1ccco1. The van der Waals surface area contributed by atoms with E-state index >= 15 is 0 Å². The minimum absolute atomic E-state index is 0.547. The Kier molecular flexibility index (Phi) is 4.08. The number of aromatic nitrogens is 3. The topological polar surface area (TPSA) is 43.9 Å². The first-order valence-electron chi connectivity index (χ1n) is 6.37. The van der Waals surface area contributed by atoms with Gasteiger partial charge in [0.2, 0.25) is 0 Å². The summed E-state index contributed by atoms with van der Waals surface area (Å²) in [6, 6.07) is 5.85. The molecule has 0 atom stereocenters. The molecule has 3 aromatic heterocycles. The molecular formula is C14H13BrClN3O. The number of rotatable bonds is 5. The first-order chi connectivity index (χ1) is 9.78. The Labute approximate surface area is 129 Å². The molecule has 0 fully saturated rings. The van der Waals surface area contributed by atoms with E-state index in [2.05, 4.69) is 30.5 Å². The Balaban J connectivity index is 1.95. The molecule has 20 heavy (non-hydrogen) atoms. The second-order valence-electron chi connectivity index (χ2n) is 4.44. The number of aryl methyl sites for hydroxylation is 3. The molecule has 0 saturated heterocycles. The molecule has 0 radical (unpaired) electrons. The molecule has 4 nitrogen and oxygen atoms in total. The Hall–Kier alpha value is -1.33. The van der Waals surface area contributed by atoms with E-state index in [0.717, 1.165) is 46.6 Å². The second kappa shape index (κ2) is 5.97. The molecule has 0 aromatic carbocycles. The average Bonchev–Trinajstić information content (AvgIpc) is 3.04. The number of alkyl halides is 1. The molecule has 0 bridgehead atoms. The minimum Gasteiger partial charge on any atom is -0.469 e. The summed E-state index contributed by atoms with van der Waals surface area (Å²) in [5.74, 6) is 2.47. The van der Waals surface area contributed by atoms with E-state index in [1.807, 2.05) is 18.2 Å². The zero-order chi connectivity index (χ0) is 13.9. The highest BCUT2D eigenvalue weighted by molar-refractivity contribution is 9.10. The molecule has 6 heteroatoms. The Morgan fingerprint density at radius 3 is 3.00 bits per heavy atom. The van der Waals surface area contributed by atoms with Crippen LogP contribution in [0.2, 0.25) is 0 Å². The third-order valence-corrected chi connectivity index (χ3v) is 3.73. The number of halogens is 2. The van der Waals surface area contributed by atoms with Crippen molar-refractivity contribution in [2.75, 3.05) is 5.88 Å². The molecule has 104 valence electrons.